The number of carbonyl (C=O) groups excluding carboxylic acids is 1. The molecule has 176 valence electrons. The van der Waals surface area contributed by atoms with Gasteiger partial charge in [-0.25, -0.2) is 9.97 Å². The number of amidine groups is 1. The number of fused-ring (bicyclic) bond motifs is 1. The number of hydrazone groups is 1. The van der Waals surface area contributed by atoms with Gasteiger partial charge in [0, 0.05) is 31.8 Å². The molecule has 1 spiro atoms. The molecule has 0 radical (unpaired) electrons. The molecule has 0 aromatic carbocycles. The van der Waals surface area contributed by atoms with Gasteiger partial charge in [0.2, 0.25) is 11.8 Å². The summed E-state index contributed by atoms with van der Waals surface area (Å²) in [4.78, 5) is 28.7. The highest BCUT2D eigenvalue weighted by molar-refractivity contribution is 5.98. The van der Waals surface area contributed by atoms with E-state index >= 15 is 0 Å². The SMILES string of the molecule is CN/N=C(\N)c1cc2c(nc1C)N[C@@]1(CC2)CCN(C(=O)[C@@H](C)c2cc(OC)nc(C)n2)C1. The van der Waals surface area contributed by atoms with E-state index < -0.39 is 0 Å². The molecule has 10 heteroatoms. The van der Waals surface area contributed by atoms with Crippen molar-refractivity contribution in [2.75, 3.05) is 32.6 Å². The normalized spacial score (nSPS) is 20.9. The Balaban J connectivity index is 1.50. The molecule has 4 heterocycles. The van der Waals surface area contributed by atoms with Gasteiger partial charge < -0.3 is 26.1 Å². The smallest absolute Gasteiger partial charge is 0.231 e. The predicted octanol–water partition coefficient (Wildman–Crippen LogP) is 1.47. The lowest BCUT2D eigenvalue weighted by Gasteiger charge is -2.36. The van der Waals surface area contributed by atoms with Gasteiger partial charge in [0.25, 0.3) is 0 Å². The Bertz CT molecular complexity index is 1100. The molecule has 0 aliphatic carbocycles. The van der Waals surface area contributed by atoms with E-state index in [1.807, 2.05) is 18.7 Å². The molecule has 4 rings (SSSR count). The first-order valence-electron chi connectivity index (χ1n) is 11.2. The minimum Gasteiger partial charge on any atom is -0.481 e. The third kappa shape index (κ3) is 4.42. The van der Waals surface area contributed by atoms with Gasteiger partial charge in [0.05, 0.1) is 30.0 Å². The number of anilines is 1. The second-order valence-electron chi connectivity index (χ2n) is 8.87. The average Bonchev–Trinajstić information content (AvgIpc) is 3.20. The van der Waals surface area contributed by atoms with Gasteiger partial charge in [-0.3, -0.25) is 4.79 Å². The summed E-state index contributed by atoms with van der Waals surface area (Å²) in [6.07, 6.45) is 2.67. The molecule has 10 nitrogen and oxygen atoms in total. The first kappa shape index (κ1) is 22.8. The number of carbonyl (C=O) groups is 1. The van der Waals surface area contributed by atoms with Crippen LogP contribution in [0.4, 0.5) is 5.82 Å². The van der Waals surface area contributed by atoms with Crippen molar-refractivity contribution in [3.63, 3.8) is 0 Å². The van der Waals surface area contributed by atoms with E-state index in [-0.39, 0.29) is 17.4 Å². The molecule has 2 atom stereocenters. The van der Waals surface area contributed by atoms with Crippen LogP contribution in [0.1, 0.15) is 54.0 Å². The molecule has 2 aromatic heterocycles. The van der Waals surface area contributed by atoms with Gasteiger partial charge in [-0.15, -0.1) is 0 Å². The van der Waals surface area contributed by atoms with Crippen LogP contribution in [0.5, 0.6) is 5.88 Å². The first-order chi connectivity index (χ1) is 15.7. The summed E-state index contributed by atoms with van der Waals surface area (Å²) in [7, 11) is 3.28. The van der Waals surface area contributed by atoms with Crippen LogP contribution in [-0.4, -0.2) is 64.4 Å². The number of aromatic nitrogens is 3. The molecular weight excluding hydrogens is 420 g/mol. The fourth-order valence-corrected chi connectivity index (χ4v) is 4.73. The van der Waals surface area contributed by atoms with E-state index in [1.165, 1.54) is 0 Å². The molecule has 0 unspecified atom stereocenters. The highest BCUT2D eigenvalue weighted by atomic mass is 16.5. The largest absolute Gasteiger partial charge is 0.481 e. The zero-order chi connectivity index (χ0) is 23.8. The van der Waals surface area contributed by atoms with Crippen molar-refractivity contribution >= 4 is 17.6 Å². The second-order valence-corrected chi connectivity index (χ2v) is 8.87. The van der Waals surface area contributed by atoms with Crippen LogP contribution in [0.25, 0.3) is 0 Å². The predicted molar refractivity (Wildman–Crippen MR) is 126 cm³/mol. The fourth-order valence-electron chi connectivity index (χ4n) is 4.73. The maximum atomic E-state index is 13.3. The number of amides is 1. The van der Waals surface area contributed by atoms with Crippen LogP contribution in [0.3, 0.4) is 0 Å². The number of hydrogen-bond donors (Lipinski definition) is 3. The van der Waals surface area contributed by atoms with Crippen molar-refractivity contribution in [3.8, 4) is 5.88 Å². The molecule has 0 bridgehead atoms. The highest BCUT2D eigenvalue weighted by Crippen LogP contribution is 2.37. The number of aryl methyl sites for hydroxylation is 3. The van der Waals surface area contributed by atoms with Crippen molar-refractivity contribution in [2.45, 2.75) is 51.5 Å². The lowest BCUT2D eigenvalue weighted by molar-refractivity contribution is -0.131. The number of hydrogen-bond acceptors (Lipinski definition) is 8. The number of nitrogens with one attached hydrogen (secondary N) is 2. The second kappa shape index (κ2) is 8.84. The molecule has 1 amide bonds. The number of likely N-dealkylation sites (tertiary alicyclic amines) is 1. The number of pyridine rings is 1. The summed E-state index contributed by atoms with van der Waals surface area (Å²) in [6, 6.07) is 3.81. The molecule has 0 saturated carbocycles. The number of rotatable bonds is 5. The lowest BCUT2D eigenvalue weighted by Crippen LogP contribution is -2.46. The van der Waals surface area contributed by atoms with E-state index in [2.05, 4.69) is 31.9 Å². The molecule has 2 aliphatic heterocycles. The first-order valence-corrected chi connectivity index (χ1v) is 11.2. The van der Waals surface area contributed by atoms with Crippen LogP contribution in [0, 0.1) is 13.8 Å². The molecule has 33 heavy (non-hydrogen) atoms. The van der Waals surface area contributed by atoms with Crippen molar-refractivity contribution in [2.24, 2.45) is 10.8 Å². The number of methoxy groups -OCH3 is 1. The van der Waals surface area contributed by atoms with Gasteiger partial charge in [-0.05, 0) is 51.7 Å². The molecule has 2 aliphatic rings. The summed E-state index contributed by atoms with van der Waals surface area (Å²) < 4.78 is 5.25. The Morgan fingerprint density at radius 3 is 2.82 bits per heavy atom. The monoisotopic (exact) mass is 452 g/mol. The molecule has 1 saturated heterocycles. The maximum Gasteiger partial charge on any atom is 0.231 e. The van der Waals surface area contributed by atoms with Crippen molar-refractivity contribution in [1.29, 1.82) is 0 Å². The number of nitrogens with two attached hydrogens (primary N) is 1. The van der Waals surface area contributed by atoms with Gasteiger partial charge in [-0.1, -0.05) is 0 Å². The number of nitrogens with zero attached hydrogens (tertiary/aromatic N) is 5. The highest BCUT2D eigenvalue weighted by Gasteiger charge is 2.43. The molecular formula is C23H32N8O2. The summed E-state index contributed by atoms with van der Waals surface area (Å²) in [5, 5.41) is 7.74. The Morgan fingerprint density at radius 1 is 1.30 bits per heavy atom. The van der Waals surface area contributed by atoms with Crippen LogP contribution in [0.15, 0.2) is 17.2 Å². The Hall–Kier alpha value is -3.43. The van der Waals surface area contributed by atoms with Crippen LogP contribution in [-0.2, 0) is 11.2 Å². The average molecular weight is 453 g/mol. The minimum absolute atomic E-state index is 0.0650. The molecule has 4 N–H and O–H groups in total. The number of ether oxygens (including phenoxy) is 1. The zero-order valence-corrected chi connectivity index (χ0v) is 19.9. The van der Waals surface area contributed by atoms with Gasteiger partial charge in [0.1, 0.15) is 11.6 Å². The third-order valence-corrected chi connectivity index (χ3v) is 6.58. The molecule has 2 aromatic rings. The fraction of sp³-hybridized carbons (Fsp3) is 0.522. The summed E-state index contributed by atoms with van der Waals surface area (Å²) >= 11 is 0. The van der Waals surface area contributed by atoms with Crippen LogP contribution >= 0.6 is 0 Å². The molecule has 1 fully saturated rings. The quantitative estimate of drug-likeness (QED) is 0.353. The maximum absolute atomic E-state index is 13.3. The van der Waals surface area contributed by atoms with E-state index in [4.69, 9.17) is 15.5 Å². The zero-order valence-electron chi connectivity index (χ0n) is 19.9. The Morgan fingerprint density at radius 2 is 2.09 bits per heavy atom. The lowest BCUT2D eigenvalue weighted by atomic mass is 9.86. The van der Waals surface area contributed by atoms with Crippen molar-refractivity contribution in [1.82, 2.24) is 25.3 Å². The van der Waals surface area contributed by atoms with Gasteiger partial charge in [-0.2, -0.15) is 10.1 Å². The van der Waals surface area contributed by atoms with E-state index in [1.54, 1.807) is 27.1 Å². The Labute approximate surface area is 194 Å². The van der Waals surface area contributed by atoms with E-state index in [9.17, 15) is 4.79 Å². The topological polar surface area (TPSA) is 131 Å². The van der Waals surface area contributed by atoms with Crippen LogP contribution < -0.4 is 21.2 Å². The summed E-state index contributed by atoms with van der Waals surface area (Å²) in [5.74, 6) is 2.06. The summed E-state index contributed by atoms with van der Waals surface area (Å²) in [6.45, 7) is 6.97. The Kier molecular flexibility index (Phi) is 6.09. The van der Waals surface area contributed by atoms with Crippen molar-refractivity contribution in [3.05, 3.63) is 40.5 Å². The van der Waals surface area contributed by atoms with Gasteiger partial charge in [0.15, 0.2) is 5.84 Å². The third-order valence-electron chi connectivity index (χ3n) is 6.58. The van der Waals surface area contributed by atoms with Crippen LogP contribution in [0.2, 0.25) is 0 Å². The standard InChI is InChI=1S/C23H32N8O2/c1-13(18-11-19(33-5)28-15(3)27-18)22(32)31-9-8-23(12-31)7-6-16-10-17(20(24)30-25-4)14(2)26-21(16)29-23/h10-11,13,25H,6-9,12H2,1-5H3,(H2,24,30)(H,26,29)/t13-,23-/m0/s1. The van der Waals surface area contributed by atoms with Crippen molar-refractivity contribution < 1.29 is 9.53 Å². The summed E-state index contributed by atoms with van der Waals surface area (Å²) in [5.41, 5.74) is 12.1. The van der Waals surface area contributed by atoms with E-state index in [0.29, 0.717) is 36.3 Å². The van der Waals surface area contributed by atoms with Gasteiger partial charge >= 0.3 is 0 Å². The minimum atomic E-state index is -0.371. The van der Waals surface area contributed by atoms with E-state index in [0.717, 1.165) is 41.9 Å².